The van der Waals surface area contributed by atoms with Crippen LogP contribution in [0.2, 0.25) is 0 Å². The summed E-state index contributed by atoms with van der Waals surface area (Å²) < 4.78 is 38.5. The number of anilines is 1. The Morgan fingerprint density at radius 3 is 2.59 bits per heavy atom. The molecular formula is C19H22N2O5S. The van der Waals surface area contributed by atoms with Crippen molar-refractivity contribution in [3.8, 4) is 11.5 Å². The van der Waals surface area contributed by atoms with Gasteiger partial charge in [0.25, 0.3) is 15.9 Å². The Labute approximate surface area is 158 Å². The zero-order chi connectivity index (χ0) is 19.6. The predicted molar refractivity (Wildman–Crippen MR) is 102 cm³/mol. The van der Waals surface area contributed by atoms with Crippen LogP contribution < -0.4 is 19.5 Å². The van der Waals surface area contributed by atoms with Gasteiger partial charge in [-0.25, -0.2) is 8.42 Å². The summed E-state index contributed by atoms with van der Waals surface area (Å²) in [7, 11) is -3.86. The summed E-state index contributed by atoms with van der Waals surface area (Å²) in [6.07, 6.45) is 0. The van der Waals surface area contributed by atoms with Crippen molar-refractivity contribution in [1.29, 1.82) is 0 Å². The fourth-order valence-electron chi connectivity index (χ4n) is 2.58. The Balaban J connectivity index is 1.84. The first kappa shape index (κ1) is 19.0. The minimum atomic E-state index is -3.86. The minimum Gasteiger partial charge on any atom is -0.454 e. The van der Waals surface area contributed by atoms with Crippen molar-refractivity contribution >= 4 is 21.6 Å². The molecule has 7 nitrogen and oxygen atoms in total. The van der Waals surface area contributed by atoms with Crippen LogP contribution in [0.25, 0.3) is 0 Å². The van der Waals surface area contributed by atoms with Gasteiger partial charge in [-0.15, -0.1) is 0 Å². The summed E-state index contributed by atoms with van der Waals surface area (Å²) in [5, 5.41) is 2.81. The molecule has 2 aromatic rings. The van der Waals surface area contributed by atoms with E-state index in [1.54, 1.807) is 31.2 Å². The lowest BCUT2D eigenvalue weighted by molar-refractivity contribution is 0.0948. The Morgan fingerprint density at radius 2 is 1.85 bits per heavy atom. The molecule has 8 heteroatoms. The molecule has 0 saturated carbocycles. The second kappa shape index (κ2) is 7.48. The number of aryl methyl sites for hydroxylation is 1. The second-order valence-electron chi connectivity index (χ2n) is 6.75. The fourth-order valence-corrected chi connectivity index (χ4v) is 3.65. The van der Waals surface area contributed by atoms with Crippen LogP contribution in [0.3, 0.4) is 0 Å². The molecule has 0 atom stereocenters. The van der Waals surface area contributed by atoms with E-state index in [1.807, 2.05) is 13.8 Å². The molecule has 0 fully saturated rings. The SMILES string of the molecule is Cc1ccc(S(=O)(=O)Nc2ccc3c(c2)OCO3)cc1C(=O)NCC(C)C. The van der Waals surface area contributed by atoms with Gasteiger partial charge < -0.3 is 14.8 Å². The highest BCUT2D eigenvalue weighted by Crippen LogP contribution is 2.34. The molecule has 0 saturated heterocycles. The number of benzene rings is 2. The Bertz CT molecular complexity index is 970. The lowest BCUT2D eigenvalue weighted by atomic mass is 10.1. The molecule has 0 bridgehead atoms. The molecule has 1 aliphatic rings. The number of ether oxygens (including phenoxy) is 2. The van der Waals surface area contributed by atoms with Crippen molar-refractivity contribution < 1.29 is 22.7 Å². The van der Waals surface area contributed by atoms with Crippen LogP contribution in [0.4, 0.5) is 5.69 Å². The molecule has 2 N–H and O–H groups in total. The molecular weight excluding hydrogens is 368 g/mol. The average molecular weight is 390 g/mol. The number of carbonyl (C=O) groups is 1. The first-order valence-corrected chi connectivity index (χ1v) is 10.1. The van der Waals surface area contributed by atoms with Crippen LogP contribution in [0.5, 0.6) is 11.5 Å². The fraction of sp³-hybridized carbons (Fsp3) is 0.316. The lowest BCUT2D eigenvalue weighted by Gasteiger charge is -2.13. The number of sulfonamides is 1. The van der Waals surface area contributed by atoms with E-state index in [1.165, 1.54) is 12.1 Å². The highest BCUT2D eigenvalue weighted by Gasteiger charge is 2.20. The first-order chi connectivity index (χ1) is 12.8. The van der Waals surface area contributed by atoms with Gasteiger partial charge in [-0.3, -0.25) is 9.52 Å². The van der Waals surface area contributed by atoms with Crippen molar-refractivity contribution in [3.63, 3.8) is 0 Å². The summed E-state index contributed by atoms with van der Waals surface area (Å²) in [5.41, 5.74) is 1.40. The highest BCUT2D eigenvalue weighted by atomic mass is 32.2. The number of hydrogen-bond acceptors (Lipinski definition) is 5. The number of amides is 1. The topological polar surface area (TPSA) is 93.7 Å². The van der Waals surface area contributed by atoms with E-state index < -0.39 is 10.0 Å². The molecule has 0 aliphatic carbocycles. The van der Waals surface area contributed by atoms with E-state index in [9.17, 15) is 13.2 Å². The summed E-state index contributed by atoms with van der Waals surface area (Å²) >= 11 is 0. The highest BCUT2D eigenvalue weighted by molar-refractivity contribution is 7.92. The van der Waals surface area contributed by atoms with Crippen LogP contribution in [0.1, 0.15) is 29.8 Å². The third-order valence-corrected chi connectivity index (χ3v) is 5.44. The monoisotopic (exact) mass is 390 g/mol. The number of rotatable bonds is 6. The van der Waals surface area contributed by atoms with Crippen LogP contribution in [0.15, 0.2) is 41.3 Å². The summed E-state index contributed by atoms with van der Waals surface area (Å²) in [5.74, 6) is 1.06. The van der Waals surface area contributed by atoms with Gasteiger partial charge in [0.1, 0.15) is 0 Å². The van der Waals surface area contributed by atoms with Crippen molar-refractivity contribution in [3.05, 3.63) is 47.5 Å². The Morgan fingerprint density at radius 1 is 1.11 bits per heavy atom. The molecule has 27 heavy (non-hydrogen) atoms. The molecule has 0 spiro atoms. The van der Waals surface area contributed by atoms with Crippen molar-refractivity contribution in [2.45, 2.75) is 25.7 Å². The van der Waals surface area contributed by atoms with E-state index in [4.69, 9.17) is 9.47 Å². The molecule has 0 aromatic heterocycles. The molecule has 0 unspecified atom stereocenters. The number of nitrogens with one attached hydrogen (secondary N) is 2. The molecule has 144 valence electrons. The van der Waals surface area contributed by atoms with Gasteiger partial charge in [0.2, 0.25) is 6.79 Å². The van der Waals surface area contributed by atoms with Crippen molar-refractivity contribution in [2.75, 3.05) is 18.1 Å². The summed E-state index contributed by atoms with van der Waals surface area (Å²) in [6, 6.07) is 9.28. The largest absolute Gasteiger partial charge is 0.454 e. The van der Waals surface area contributed by atoms with E-state index in [2.05, 4.69) is 10.0 Å². The van der Waals surface area contributed by atoms with Gasteiger partial charge in [-0.05, 0) is 42.7 Å². The number of carbonyl (C=O) groups excluding carboxylic acids is 1. The van der Waals surface area contributed by atoms with Gasteiger partial charge in [-0.1, -0.05) is 19.9 Å². The average Bonchev–Trinajstić information content (AvgIpc) is 3.07. The Kier molecular flexibility index (Phi) is 5.27. The molecule has 3 rings (SSSR count). The normalized spacial score (nSPS) is 12.9. The smallest absolute Gasteiger partial charge is 0.261 e. The summed E-state index contributed by atoms with van der Waals surface area (Å²) in [6.45, 7) is 6.38. The van der Waals surface area contributed by atoms with E-state index in [0.717, 1.165) is 0 Å². The molecule has 1 heterocycles. The maximum atomic E-state index is 12.7. The Hall–Kier alpha value is -2.74. The van der Waals surface area contributed by atoms with Gasteiger partial charge in [-0.2, -0.15) is 0 Å². The predicted octanol–water partition coefficient (Wildman–Crippen LogP) is 2.91. The van der Waals surface area contributed by atoms with Crippen LogP contribution in [-0.2, 0) is 10.0 Å². The van der Waals surface area contributed by atoms with Gasteiger partial charge in [0, 0.05) is 18.2 Å². The van der Waals surface area contributed by atoms with Crippen LogP contribution >= 0.6 is 0 Å². The standard InChI is InChI=1S/C19H22N2O5S/c1-12(2)10-20-19(22)16-9-15(6-4-13(16)3)27(23,24)21-14-5-7-17-18(8-14)26-11-25-17/h4-9,12,21H,10-11H2,1-3H3,(H,20,22). The van der Waals surface area contributed by atoms with Gasteiger partial charge in [0.05, 0.1) is 10.6 Å². The number of hydrogen-bond donors (Lipinski definition) is 2. The third-order valence-electron chi connectivity index (χ3n) is 4.06. The second-order valence-corrected chi connectivity index (χ2v) is 8.44. The van der Waals surface area contributed by atoms with E-state index in [-0.39, 0.29) is 17.6 Å². The molecule has 0 radical (unpaired) electrons. The molecule has 1 aliphatic heterocycles. The summed E-state index contributed by atoms with van der Waals surface area (Å²) in [4.78, 5) is 12.4. The first-order valence-electron chi connectivity index (χ1n) is 8.57. The van der Waals surface area contributed by atoms with Crippen molar-refractivity contribution in [1.82, 2.24) is 5.32 Å². The molecule has 1 amide bonds. The third kappa shape index (κ3) is 4.33. The maximum Gasteiger partial charge on any atom is 0.261 e. The van der Waals surface area contributed by atoms with E-state index >= 15 is 0 Å². The minimum absolute atomic E-state index is 0.0143. The van der Waals surface area contributed by atoms with Crippen LogP contribution in [0, 0.1) is 12.8 Å². The maximum absolute atomic E-state index is 12.7. The zero-order valence-corrected chi connectivity index (χ0v) is 16.2. The van der Waals surface area contributed by atoms with Crippen molar-refractivity contribution in [2.24, 2.45) is 5.92 Å². The van der Waals surface area contributed by atoms with E-state index in [0.29, 0.717) is 40.8 Å². The van der Waals surface area contributed by atoms with Gasteiger partial charge >= 0.3 is 0 Å². The molecule has 2 aromatic carbocycles. The van der Waals surface area contributed by atoms with Crippen LogP contribution in [-0.4, -0.2) is 27.7 Å². The van der Waals surface area contributed by atoms with Gasteiger partial charge in [0.15, 0.2) is 11.5 Å². The zero-order valence-electron chi connectivity index (χ0n) is 15.4. The lowest BCUT2D eigenvalue weighted by Crippen LogP contribution is -2.28. The quantitative estimate of drug-likeness (QED) is 0.791. The number of fused-ring (bicyclic) bond motifs is 1.